The van der Waals surface area contributed by atoms with Gasteiger partial charge in [0.1, 0.15) is 0 Å². The van der Waals surface area contributed by atoms with Crippen LogP contribution in [0.15, 0.2) is 66.7 Å². The van der Waals surface area contributed by atoms with Gasteiger partial charge in [0.25, 0.3) is 5.91 Å². The third-order valence-electron chi connectivity index (χ3n) is 6.66. The first kappa shape index (κ1) is 22.6. The van der Waals surface area contributed by atoms with Gasteiger partial charge >= 0.3 is 0 Å². The predicted octanol–water partition coefficient (Wildman–Crippen LogP) is 3.32. The minimum Gasteiger partial charge on any atom is -0.372 e. The van der Waals surface area contributed by atoms with Crippen molar-refractivity contribution >= 4 is 23.4 Å². The second-order valence-electron chi connectivity index (χ2n) is 8.86. The van der Waals surface area contributed by atoms with Crippen LogP contribution in [0, 0.1) is 0 Å². The second-order valence-corrected chi connectivity index (χ2v) is 9.30. The highest BCUT2D eigenvalue weighted by molar-refractivity contribution is 6.30. The standard InChI is InChI=1S/C27H26ClN3O3/c28-19-10-9-17(14-29)18(13-19)15-30-25(32)16-31(20-11-12-20)26(33)27(34)23-7-3-1-5-21(23)22-6-2-4-8-24(22)27/h1-10,13,20,34H,11-12,14-16,29H2,(H,30,32). The van der Waals surface area contributed by atoms with Crippen molar-refractivity contribution in [2.75, 3.05) is 6.54 Å². The summed E-state index contributed by atoms with van der Waals surface area (Å²) in [5.41, 5.74) is 8.50. The Balaban J connectivity index is 1.39. The van der Waals surface area contributed by atoms with Crippen LogP contribution in [0.5, 0.6) is 0 Å². The number of hydrogen-bond donors (Lipinski definition) is 3. The molecule has 2 aliphatic rings. The number of carbonyl (C=O) groups is 2. The molecule has 34 heavy (non-hydrogen) atoms. The number of amides is 2. The molecule has 4 N–H and O–H groups in total. The Kier molecular flexibility index (Phi) is 5.90. The lowest BCUT2D eigenvalue weighted by atomic mass is 9.89. The molecule has 7 heteroatoms. The van der Waals surface area contributed by atoms with Gasteiger partial charge < -0.3 is 21.1 Å². The average Bonchev–Trinajstić information content (AvgIpc) is 3.67. The monoisotopic (exact) mass is 475 g/mol. The quantitative estimate of drug-likeness (QED) is 0.488. The fourth-order valence-corrected chi connectivity index (χ4v) is 4.96. The molecule has 0 aliphatic heterocycles. The van der Waals surface area contributed by atoms with Crippen molar-refractivity contribution in [3.05, 3.63) is 94.0 Å². The van der Waals surface area contributed by atoms with Crippen LogP contribution in [0.25, 0.3) is 11.1 Å². The first-order valence-electron chi connectivity index (χ1n) is 11.4. The lowest BCUT2D eigenvalue weighted by Gasteiger charge is -2.32. The van der Waals surface area contributed by atoms with E-state index in [4.69, 9.17) is 17.3 Å². The van der Waals surface area contributed by atoms with E-state index in [1.807, 2.05) is 42.5 Å². The predicted molar refractivity (Wildman–Crippen MR) is 131 cm³/mol. The molecule has 3 aromatic rings. The molecule has 3 aromatic carbocycles. The Hall–Kier alpha value is -3.19. The van der Waals surface area contributed by atoms with Gasteiger partial charge in [-0.05, 0) is 47.2 Å². The fraction of sp³-hybridized carbons (Fsp3) is 0.259. The van der Waals surface area contributed by atoms with Crippen molar-refractivity contribution in [1.82, 2.24) is 10.2 Å². The maximum Gasteiger partial charge on any atom is 0.264 e. The largest absolute Gasteiger partial charge is 0.372 e. The number of aliphatic hydroxyl groups is 1. The van der Waals surface area contributed by atoms with Crippen molar-refractivity contribution < 1.29 is 14.7 Å². The Morgan fingerprint density at radius 3 is 2.21 bits per heavy atom. The van der Waals surface area contributed by atoms with Gasteiger partial charge in [0.2, 0.25) is 5.91 Å². The summed E-state index contributed by atoms with van der Waals surface area (Å²) in [4.78, 5) is 28.3. The summed E-state index contributed by atoms with van der Waals surface area (Å²) in [6.45, 7) is 0.462. The van der Waals surface area contributed by atoms with Gasteiger partial charge in [0.05, 0.1) is 6.54 Å². The number of nitrogens with two attached hydrogens (primary N) is 1. The van der Waals surface area contributed by atoms with Gasteiger partial charge in [0.15, 0.2) is 5.60 Å². The van der Waals surface area contributed by atoms with Crippen molar-refractivity contribution in [3.63, 3.8) is 0 Å². The van der Waals surface area contributed by atoms with Crippen LogP contribution in [0.1, 0.15) is 35.1 Å². The molecule has 5 rings (SSSR count). The normalized spacial score (nSPS) is 15.4. The molecule has 0 heterocycles. The highest BCUT2D eigenvalue weighted by atomic mass is 35.5. The summed E-state index contributed by atoms with van der Waals surface area (Å²) >= 11 is 6.10. The summed E-state index contributed by atoms with van der Waals surface area (Å²) < 4.78 is 0. The van der Waals surface area contributed by atoms with Crippen LogP contribution in [-0.2, 0) is 28.3 Å². The number of benzene rings is 3. The van der Waals surface area contributed by atoms with E-state index in [9.17, 15) is 14.7 Å². The SMILES string of the molecule is NCc1ccc(Cl)cc1CNC(=O)CN(C(=O)C1(O)c2ccccc2-c2ccccc21)C1CC1. The third kappa shape index (κ3) is 3.88. The first-order valence-corrected chi connectivity index (χ1v) is 11.8. The lowest BCUT2D eigenvalue weighted by Crippen LogP contribution is -2.51. The number of nitrogens with one attached hydrogen (secondary N) is 1. The topological polar surface area (TPSA) is 95.7 Å². The van der Waals surface area contributed by atoms with E-state index in [1.54, 1.807) is 24.3 Å². The van der Waals surface area contributed by atoms with Gasteiger partial charge in [-0.3, -0.25) is 9.59 Å². The van der Waals surface area contributed by atoms with E-state index in [-0.39, 0.29) is 25.0 Å². The number of hydrogen-bond acceptors (Lipinski definition) is 4. The maximum atomic E-state index is 13.9. The molecule has 0 aromatic heterocycles. The molecule has 0 atom stereocenters. The van der Waals surface area contributed by atoms with Crippen molar-refractivity contribution in [2.24, 2.45) is 5.73 Å². The zero-order valence-corrected chi connectivity index (χ0v) is 19.4. The summed E-state index contributed by atoms with van der Waals surface area (Å²) in [6.07, 6.45) is 1.62. The number of nitrogens with zero attached hydrogens (tertiary/aromatic N) is 1. The molecule has 1 saturated carbocycles. The number of carbonyl (C=O) groups excluding carboxylic acids is 2. The van der Waals surface area contributed by atoms with Crippen molar-refractivity contribution in [1.29, 1.82) is 0 Å². The smallest absolute Gasteiger partial charge is 0.264 e. The molecular weight excluding hydrogens is 450 g/mol. The molecule has 6 nitrogen and oxygen atoms in total. The van der Waals surface area contributed by atoms with E-state index in [0.29, 0.717) is 22.7 Å². The Labute approximate surface area is 203 Å². The number of rotatable bonds is 7. The zero-order chi connectivity index (χ0) is 23.9. The summed E-state index contributed by atoms with van der Waals surface area (Å²) in [7, 11) is 0. The second kappa shape index (κ2) is 8.87. The van der Waals surface area contributed by atoms with Gasteiger partial charge in [-0.2, -0.15) is 0 Å². The summed E-state index contributed by atoms with van der Waals surface area (Å²) in [6, 6.07) is 20.1. The van der Waals surface area contributed by atoms with Crippen LogP contribution in [-0.4, -0.2) is 34.4 Å². The van der Waals surface area contributed by atoms with Crippen LogP contribution in [0.3, 0.4) is 0 Å². The maximum absolute atomic E-state index is 13.9. The molecule has 1 fully saturated rings. The molecule has 0 radical (unpaired) electrons. The van der Waals surface area contributed by atoms with Gasteiger partial charge in [-0.15, -0.1) is 0 Å². The Bertz CT molecular complexity index is 1230. The Morgan fingerprint density at radius 2 is 1.62 bits per heavy atom. The first-order chi connectivity index (χ1) is 16.4. The molecule has 174 valence electrons. The van der Waals surface area contributed by atoms with Crippen LogP contribution in [0.2, 0.25) is 5.02 Å². The number of fused-ring (bicyclic) bond motifs is 3. The lowest BCUT2D eigenvalue weighted by molar-refractivity contribution is -0.150. The molecule has 2 aliphatic carbocycles. The molecular formula is C27H26ClN3O3. The van der Waals surface area contributed by atoms with E-state index in [0.717, 1.165) is 35.1 Å². The highest BCUT2D eigenvalue weighted by Crippen LogP contribution is 2.49. The average molecular weight is 476 g/mol. The van der Waals surface area contributed by atoms with Crippen molar-refractivity contribution in [3.8, 4) is 11.1 Å². The van der Waals surface area contributed by atoms with E-state index >= 15 is 0 Å². The summed E-state index contributed by atoms with van der Waals surface area (Å²) in [5.74, 6) is -0.765. The third-order valence-corrected chi connectivity index (χ3v) is 6.90. The summed E-state index contributed by atoms with van der Waals surface area (Å²) in [5, 5.41) is 15.3. The minimum atomic E-state index is -1.82. The van der Waals surface area contributed by atoms with E-state index < -0.39 is 11.5 Å². The van der Waals surface area contributed by atoms with Crippen LogP contribution in [0.4, 0.5) is 0 Å². The zero-order valence-electron chi connectivity index (χ0n) is 18.6. The fourth-order valence-electron chi connectivity index (χ4n) is 4.77. The molecule has 2 amide bonds. The minimum absolute atomic E-state index is 0.0621. The molecule has 0 bridgehead atoms. The van der Waals surface area contributed by atoms with Gasteiger partial charge in [-0.25, -0.2) is 0 Å². The molecule has 0 unspecified atom stereocenters. The van der Waals surface area contributed by atoms with E-state index in [1.165, 1.54) is 4.90 Å². The van der Waals surface area contributed by atoms with Gasteiger partial charge in [0, 0.05) is 35.3 Å². The van der Waals surface area contributed by atoms with Gasteiger partial charge in [-0.1, -0.05) is 66.2 Å². The number of halogens is 1. The van der Waals surface area contributed by atoms with Crippen LogP contribution < -0.4 is 11.1 Å². The van der Waals surface area contributed by atoms with Crippen LogP contribution >= 0.6 is 11.6 Å². The van der Waals surface area contributed by atoms with E-state index in [2.05, 4.69) is 5.32 Å². The highest BCUT2D eigenvalue weighted by Gasteiger charge is 2.52. The molecule has 0 spiro atoms. The van der Waals surface area contributed by atoms with Crippen molar-refractivity contribution in [2.45, 2.75) is 37.6 Å². The molecule has 0 saturated heterocycles. The Morgan fingerprint density at radius 1 is 1.00 bits per heavy atom.